The number of rotatable bonds is 3. The smallest absolute Gasteiger partial charge is 0.246 e. The van der Waals surface area contributed by atoms with Crippen molar-refractivity contribution in [2.24, 2.45) is 0 Å². The zero-order valence-electron chi connectivity index (χ0n) is 12.5. The lowest BCUT2D eigenvalue weighted by molar-refractivity contribution is -0.126. The fourth-order valence-corrected chi connectivity index (χ4v) is 2.32. The molecule has 0 unspecified atom stereocenters. The van der Waals surface area contributed by atoms with E-state index >= 15 is 0 Å². The van der Waals surface area contributed by atoms with Crippen LogP contribution in [0.1, 0.15) is 5.56 Å². The van der Waals surface area contributed by atoms with Gasteiger partial charge in [-0.05, 0) is 6.08 Å². The number of aromatic nitrogens is 4. The molecule has 8 heteroatoms. The molecule has 0 radical (unpaired) electrons. The Morgan fingerprint density at radius 1 is 1.04 bits per heavy atom. The molecule has 0 atom stereocenters. The fourth-order valence-electron chi connectivity index (χ4n) is 2.32. The van der Waals surface area contributed by atoms with Gasteiger partial charge in [0.2, 0.25) is 11.9 Å². The number of nitrogens with zero attached hydrogens (tertiary/aromatic N) is 6. The summed E-state index contributed by atoms with van der Waals surface area (Å²) in [6.07, 6.45) is 11.4. The van der Waals surface area contributed by atoms with Gasteiger partial charge in [0, 0.05) is 62.6 Å². The highest BCUT2D eigenvalue weighted by Crippen LogP contribution is 2.12. The number of hydrogen-bond donors (Lipinski definition) is 1. The van der Waals surface area contributed by atoms with Gasteiger partial charge in [-0.1, -0.05) is 0 Å². The van der Waals surface area contributed by atoms with Crippen LogP contribution in [-0.2, 0) is 4.79 Å². The Morgan fingerprint density at radius 3 is 2.43 bits per heavy atom. The number of carbonyl (C=O) groups is 1. The Hall–Kier alpha value is -3.03. The van der Waals surface area contributed by atoms with Gasteiger partial charge in [0.05, 0.1) is 6.20 Å². The summed E-state index contributed by atoms with van der Waals surface area (Å²) >= 11 is 0. The normalized spacial score (nSPS) is 15.1. The standard InChI is InChI=1S/C15H17N7O/c16-15-19-9-12(10-20-15)1-2-14(23)22-7-5-21(6-8-22)13-11-17-3-4-18-13/h1-4,9-11H,5-8H2,(H2,16,19,20). The third kappa shape index (κ3) is 3.79. The van der Waals surface area contributed by atoms with Crippen LogP contribution in [-0.4, -0.2) is 56.9 Å². The fraction of sp³-hybridized carbons (Fsp3) is 0.267. The van der Waals surface area contributed by atoms with Gasteiger partial charge in [-0.2, -0.15) is 0 Å². The van der Waals surface area contributed by atoms with Gasteiger partial charge in [0.1, 0.15) is 5.82 Å². The molecule has 0 aliphatic carbocycles. The van der Waals surface area contributed by atoms with E-state index in [4.69, 9.17) is 5.73 Å². The second-order valence-corrected chi connectivity index (χ2v) is 5.08. The summed E-state index contributed by atoms with van der Waals surface area (Å²) in [5.41, 5.74) is 6.17. The highest BCUT2D eigenvalue weighted by atomic mass is 16.2. The Morgan fingerprint density at radius 2 is 1.78 bits per heavy atom. The monoisotopic (exact) mass is 311 g/mol. The van der Waals surface area contributed by atoms with Crippen molar-refractivity contribution < 1.29 is 4.79 Å². The Balaban J connectivity index is 1.55. The number of nitrogen functional groups attached to an aromatic ring is 1. The number of piperazine rings is 1. The first-order valence-corrected chi connectivity index (χ1v) is 7.28. The van der Waals surface area contributed by atoms with E-state index in [0.29, 0.717) is 13.1 Å². The first-order valence-electron chi connectivity index (χ1n) is 7.28. The average molecular weight is 311 g/mol. The van der Waals surface area contributed by atoms with Crippen LogP contribution in [0.5, 0.6) is 0 Å². The van der Waals surface area contributed by atoms with Gasteiger partial charge in [-0.3, -0.25) is 9.78 Å². The number of nitrogens with two attached hydrogens (primary N) is 1. The van der Waals surface area contributed by atoms with Gasteiger partial charge in [-0.15, -0.1) is 0 Å². The van der Waals surface area contributed by atoms with Crippen LogP contribution in [0.15, 0.2) is 37.1 Å². The molecule has 3 rings (SSSR count). The summed E-state index contributed by atoms with van der Waals surface area (Å²) in [7, 11) is 0. The van der Waals surface area contributed by atoms with Crippen molar-refractivity contribution in [1.29, 1.82) is 0 Å². The lowest BCUT2D eigenvalue weighted by atomic mass is 10.2. The van der Waals surface area contributed by atoms with Crippen molar-refractivity contribution in [3.63, 3.8) is 0 Å². The van der Waals surface area contributed by atoms with E-state index in [1.165, 1.54) is 6.08 Å². The van der Waals surface area contributed by atoms with E-state index < -0.39 is 0 Å². The maximum Gasteiger partial charge on any atom is 0.246 e. The molecule has 0 saturated carbocycles. The van der Waals surface area contributed by atoms with Gasteiger partial charge in [0.15, 0.2) is 0 Å². The second-order valence-electron chi connectivity index (χ2n) is 5.08. The molecule has 1 aliphatic rings. The Bertz CT molecular complexity index is 679. The van der Waals surface area contributed by atoms with E-state index in [1.807, 2.05) is 4.90 Å². The maximum atomic E-state index is 12.2. The van der Waals surface area contributed by atoms with E-state index in [-0.39, 0.29) is 11.9 Å². The van der Waals surface area contributed by atoms with Crippen LogP contribution >= 0.6 is 0 Å². The topological polar surface area (TPSA) is 101 Å². The van der Waals surface area contributed by atoms with E-state index in [9.17, 15) is 4.79 Å². The van der Waals surface area contributed by atoms with Gasteiger partial charge < -0.3 is 15.5 Å². The van der Waals surface area contributed by atoms with Crippen molar-refractivity contribution in [2.75, 3.05) is 36.8 Å². The molecular weight excluding hydrogens is 294 g/mol. The largest absolute Gasteiger partial charge is 0.368 e. The Labute approximate surface area is 133 Å². The summed E-state index contributed by atoms with van der Waals surface area (Å²) in [6.45, 7) is 2.78. The van der Waals surface area contributed by atoms with Crippen LogP contribution in [0, 0.1) is 0 Å². The molecule has 0 aromatic carbocycles. The predicted octanol–water partition coefficient (Wildman–Crippen LogP) is 0.211. The number of hydrogen-bond acceptors (Lipinski definition) is 7. The van der Waals surface area contributed by atoms with Gasteiger partial charge in [-0.25, -0.2) is 15.0 Å². The molecule has 1 saturated heterocycles. The van der Waals surface area contributed by atoms with Crippen LogP contribution in [0.4, 0.5) is 11.8 Å². The minimum atomic E-state index is -0.0272. The highest BCUT2D eigenvalue weighted by molar-refractivity contribution is 5.91. The molecule has 23 heavy (non-hydrogen) atoms. The second kappa shape index (κ2) is 6.82. The maximum absolute atomic E-state index is 12.2. The number of carbonyl (C=O) groups excluding carboxylic acids is 1. The molecule has 118 valence electrons. The van der Waals surface area contributed by atoms with Crippen LogP contribution in [0.3, 0.4) is 0 Å². The van der Waals surface area contributed by atoms with Crippen molar-refractivity contribution in [1.82, 2.24) is 24.8 Å². The Kier molecular flexibility index (Phi) is 4.41. The molecule has 1 fully saturated rings. The molecule has 3 heterocycles. The van der Waals surface area contributed by atoms with Gasteiger partial charge >= 0.3 is 0 Å². The molecular formula is C15H17N7O. The van der Waals surface area contributed by atoms with E-state index in [1.54, 1.807) is 37.1 Å². The molecule has 0 bridgehead atoms. The summed E-state index contributed by atoms with van der Waals surface area (Å²) in [5, 5.41) is 0. The van der Waals surface area contributed by atoms with Crippen molar-refractivity contribution in [3.05, 3.63) is 42.6 Å². The lowest BCUT2D eigenvalue weighted by Gasteiger charge is -2.34. The molecule has 1 aliphatic heterocycles. The van der Waals surface area contributed by atoms with Crippen molar-refractivity contribution >= 4 is 23.7 Å². The number of amides is 1. The van der Waals surface area contributed by atoms with E-state index in [2.05, 4.69) is 24.8 Å². The average Bonchev–Trinajstić information content (AvgIpc) is 2.62. The van der Waals surface area contributed by atoms with Crippen LogP contribution < -0.4 is 10.6 Å². The summed E-state index contributed by atoms with van der Waals surface area (Å²) in [4.78, 5) is 32.2. The zero-order chi connectivity index (χ0) is 16.1. The summed E-state index contributed by atoms with van der Waals surface area (Å²) < 4.78 is 0. The molecule has 2 aromatic heterocycles. The first kappa shape index (κ1) is 14.9. The minimum absolute atomic E-state index is 0.0272. The minimum Gasteiger partial charge on any atom is -0.368 e. The molecule has 1 amide bonds. The third-order valence-electron chi connectivity index (χ3n) is 3.58. The first-order chi connectivity index (χ1) is 11.2. The van der Waals surface area contributed by atoms with Crippen molar-refractivity contribution in [3.8, 4) is 0 Å². The predicted molar refractivity (Wildman–Crippen MR) is 86.3 cm³/mol. The van der Waals surface area contributed by atoms with Crippen LogP contribution in [0.25, 0.3) is 6.08 Å². The molecule has 2 aromatic rings. The van der Waals surface area contributed by atoms with E-state index in [0.717, 1.165) is 24.5 Å². The van der Waals surface area contributed by atoms with Crippen molar-refractivity contribution in [2.45, 2.75) is 0 Å². The number of anilines is 2. The third-order valence-corrected chi connectivity index (χ3v) is 3.58. The summed E-state index contributed by atoms with van der Waals surface area (Å²) in [6, 6.07) is 0. The quantitative estimate of drug-likeness (QED) is 0.809. The van der Waals surface area contributed by atoms with Gasteiger partial charge in [0.25, 0.3) is 0 Å². The van der Waals surface area contributed by atoms with Crippen LogP contribution in [0.2, 0.25) is 0 Å². The summed E-state index contributed by atoms with van der Waals surface area (Å²) in [5.74, 6) is 1.03. The lowest BCUT2D eigenvalue weighted by Crippen LogP contribution is -2.48. The molecule has 0 spiro atoms. The SMILES string of the molecule is Nc1ncc(C=CC(=O)N2CCN(c3cnccn3)CC2)cn1. The molecule has 8 nitrogen and oxygen atoms in total. The highest BCUT2D eigenvalue weighted by Gasteiger charge is 2.20. The molecule has 2 N–H and O–H groups in total. The zero-order valence-corrected chi connectivity index (χ0v) is 12.5.